The Balaban J connectivity index is 1.80. The lowest BCUT2D eigenvalue weighted by Gasteiger charge is -2.24. The molecule has 1 unspecified atom stereocenters. The van der Waals surface area contributed by atoms with Crippen LogP contribution < -0.4 is 16.4 Å². The summed E-state index contributed by atoms with van der Waals surface area (Å²) >= 11 is 0. The number of aromatic nitrogens is 3. The highest BCUT2D eigenvalue weighted by Gasteiger charge is 2.19. The third-order valence-corrected chi connectivity index (χ3v) is 4.90. The molecule has 3 aromatic rings. The van der Waals surface area contributed by atoms with Crippen LogP contribution in [0.2, 0.25) is 0 Å². The molecule has 2 heterocycles. The Kier molecular flexibility index (Phi) is 7.83. The van der Waals surface area contributed by atoms with Crippen molar-refractivity contribution in [3.8, 4) is 0 Å². The molecule has 174 valence electrons. The Hall–Kier alpha value is -3.66. The molecule has 0 spiro atoms. The number of rotatable bonds is 11. The van der Waals surface area contributed by atoms with Crippen LogP contribution in [0.5, 0.6) is 0 Å². The quantitative estimate of drug-likeness (QED) is 0.323. The largest absolute Gasteiger partial charge is 0.379 e. The van der Waals surface area contributed by atoms with Crippen LogP contribution >= 0.6 is 0 Å². The van der Waals surface area contributed by atoms with Crippen molar-refractivity contribution < 1.29 is 13.3 Å². The maximum absolute atomic E-state index is 14.2. The maximum atomic E-state index is 14.2. The molecule has 1 atom stereocenters. The lowest BCUT2D eigenvalue weighted by molar-refractivity contribution is 0.417. The van der Waals surface area contributed by atoms with Crippen LogP contribution in [0.3, 0.4) is 0 Å². The molecule has 0 bridgehead atoms. The topological polar surface area (TPSA) is 126 Å². The lowest BCUT2D eigenvalue weighted by Crippen LogP contribution is -2.43. The van der Waals surface area contributed by atoms with Crippen molar-refractivity contribution in [3.05, 3.63) is 77.6 Å². The van der Waals surface area contributed by atoms with E-state index in [9.17, 15) is 8.78 Å². The summed E-state index contributed by atoms with van der Waals surface area (Å²) in [6, 6.07) is 7.96. The molecule has 8 nitrogen and oxygen atoms in total. The van der Waals surface area contributed by atoms with Crippen molar-refractivity contribution in [2.24, 2.45) is 5.73 Å². The van der Waals surface area contributed by atoms with Crippen LogP contribution in [0.15, 0.2) is 53.4 Å². The van der Waals surface area contributed by atoms with E-state index in [0.29, 0.717) is 23.5 Å². The number of allylic oxidation sites excluding steroid dienone is 1. The minimum Gasteiger partial charge on any atom is -0.379 e. The fourth-order valence-electron chi connectivity index (χ4n) is 3.17. The van der Waals surface area contributed by atoms with Gasteiger partial charge in [-0.05, 0) is 25.5 Å². The molecule has 3 rings (SSSR count). The monoisotopic (exact) mass is 455 g/mol. The van der Waals surface area contributed by atoms with Gasteiger partial charge >= 0.3 is 0 Å². The second-order valence-electron chi connectivity index (χ2n) is 7.95. The third-order valence-electron chi connectivity index (χ3n) is 4.90. The van der Waals surface area contributed by atoms with Crippen molar-refractivity contribution in [2.75, 3.05) is 11.9 Å². The van der Waals surface area contributed by atoms with Crippen molar-refractivity contribution >= 4 is 17.2 Å². The van der Waals surface area contributed by atoms with Gasteiger partial charge in [0.2, 0.25) is 0 Å². The molecule has 5 N–H and O–H groups in total. The van der Waals surface area contributed by atoms with Crippen LogP contribution in [0.25, 0.3) is 5.70 Å². The number of halogens is 2. The van der Waals surface area contributed by atoms with Crippen LogP contribution in [-0.4, -0.2) is 32.9 Å². The molecule has 1 aromatic carbocycles. The van der Waals surface area contributed by atoms with Gasteiger partial charge in [0.1, 0.15) is 23.5 Å². The molecule has 0 saturated carbocycles. The average molecular weight is 456 g/mol. The first-order chi connectivity index (χ1) is 15.8. The highest BCUT2D eigenvalue weighted by Crippen LogP contribution is 2.16. The minimum absolute atomic E-state index is 0.00167. The van der Waals surface area contributed by atoms with Gasteiger partial charge in [-0.3, -0.25) is 5.41 Å². The molecule has 0 aliphatic heterocycles. The predicted molar refractivity (Wildman–Crippen MR) is 123 cm³/mol. The standard InChI is InChI=1S/C23H27F2N7O/c1-3-9-23(2,27)14-30-21-17(25)13-29-22(31-21)18(26)11-20(19-8-10-33-32-19)28-12-15-6-4-5-7-16(15)24/h4-8,10-11,13,26,28H,3,9,12,14,27H2,1-2H3,(H,29,30,31)/b20-11-,26-18?. The maximum Gasteiger partial charge on any atom is 0.183 e. The minimum atomic E-state index is -0.641. The van der Waals surface area contributed by atoms with Gasteiger partial charge in [0.25, 0.3) is 0 Å². The van der Waals surface area contributed by atoms with E-state index in [-0.39, 0.29) is 29.7 Å². The van der Waals surface area contributed by atoms with Gasteiger partial charge in [-0.25, -0.2) is 18.7 Å². The fourth-order valence-corrected chi connectivity index (χ4v) is 3.17. The second-order valence-corrected chi connectivity index (χ2v) is 7.95. The van der Waals surface area contributed by atoms with Gasteiger partial charge in [0.15, 0.2) is 17.5 Å². The molecular weight excluding hydrogens is 428 g/mol. The van der Waals surface area contributed by atoms with E-state index in [2.05, 4.69) is 25.8 Å². The second kappa shape index (κ2) is 10.8. The number of hydrogen-bond acceptors (Lipinski definition) is 8. The molecular formula is C23H27F2N7O. The lowest BCUT2D eigenvalue weighted by atomic mass is 9.98. The SMILES string of the molecule is CCCC(C)(N)CNc1nc(C(=N)/C=C(\NCc2ccccc2F)c2ccon2)ncc1F. The summed E-state index contributed by atoms with van der Waals surface area (Å²) in [6.45, 7) is 4.36. The van der Waals surface area contributed by atoms with Crippen molar-refractivity contribution in [3.63, 3.8) is 0 Å². The summed E-state index contributed by atoms with van der Waals surface area (Å²) in [7, 11) is 0. The first-order valence-corrected chi connectivity index (χ1v) is 10.5. The highest BCUT2D eigenvalue weighted by molar-refractivity contribution is 6.07. The normalized spacial score (nSPS) is 13.4. The molecule has 0 aliphatic carbocycles. The average Bonchev–Trinajstić information content (AvgIpc) is 3.32. The van der Waals surface area contributed by atoms with Crippen molar-refractivity contribution in [2.45, 2.75) is 38.8 Å². The number of nitrogens with one attached hydrogen (secondary N) is 3. The summed E-state index contributed by atoms with van der Waals surface area (Å²) in [5.74, 6) is -1.03. The van der Waals surface area contributed by atoms with E-state index >= 15 is 0 Å². The Morgan fingerprint density at radius 1 is 1.24 bits per heavy atom. The van der Waals surface area contributed by atoms with Crippen LogP contribution in [0.1, 0.15) is 43.8 Å². The summed E-state index contributed by atoms with van der Waals surface area (Å²) in [6.07, 6.45) is 5.47. The van der Waals surface area contributed by atoms with E-state index < -0.39 is 11.4 Å². The Labute approximate surface area is 190 Å². The molecule has 10 heteroatoms. The number of anilines is 1. The van der Waals surface area contributed by atoms with Gasteiger partial charge in [-0.2, -0.15) is 0 Å². The molecule has 0 fully saturated rings. The number of benzene rings is 1. The van der Waals surface area contributed by atoms with E-state index in [1.807, 2.05) is 13.8 Å². The Bertz CT molecular complexity index is 1110. The van der Waals surface area contributed by atoms with Crippen molar-refractivity contribution in [1.29, 1.82) is 5.41 Å². The van der Waals surface area contributed by atoms with Gasteiger partial charge in [0.05, 0.1) is 11.9 Å². The number of hydrogen-bond donors (Lipinski definition) is 4. The number of nitrogens with zero attached hydrogens (tertiary/aromatic N) is 3. The molecule has 0 aliphatic rings. The van der Waals surface area contributed by atoms with Crippen LogP contribution in [0.4, 0.5) is 14.6 Å². The summed E-state index contributed by atoms with van der Waals surface area (Å²) < 4.78 is 33.1. The zero-order valence-electron chi connectivity index (χ0n) is 18.5. The smallest absolute Gasteiger partial charge is 0.183 e. The molecule has 0 saturated heterocycles. The fraction of sp³-hybridized carbons (Fsp3) is 0.304. The summed E-state index contributed by atoms with van der Waals surface area (Å²) in [5, 5.41) is 18.3. The zero-order valence-corrected chi connectivity index (χ0v) is 18.5. The predicted octanol–water partition coefficient (Wildman–Crippen LogP) is 3.87. The Morgan fingerprint density at radius 2 is 2.03 bits per heavy atom. The highest BCUT2D eigenvalue weighted by atomic mass is 19.1. The first-order valence-electron chi connectivity index (χ1n) is 10.5. The van der Waals surface area contributed by atoms with Crippen molar-refractivity contribution in [1.82, 2.24) is 20.4 Å². The molecule has 0 amide bonds. The van der Waals surface area contributed by atoms with Crippen LogP contribution in [0, 0.1) is 17.0 Å². The molecule has 33 heavy (non-hydrogen) atoms. The first kappa shape index (κ1) is 24.0. The Morgan fingerprint density at radius 3 is 2.73 bits per heavy atom. The number of nitrogens with two attached hydrogens (primary N) is 1. The van der Waals surface area contributed by atoms with Gasteiger partial charge in [-0.1, -0.05) is 36.7 Å². The van der Waals surface area contributed by atoms with Gasteiger partial charge in [-0.15, -0.1) is 0 Å². The third kappa shape index (κ3) is 6.66. The van der Waals surface area contributed by atoms with Gasteiger partial charge in [0, 0.05) is 30.3 Å². The van der Waals surface area contributed by atoms with Gasteiger partial charge < -0.3 is 20.9 Å². The summed E-state index contributed by atoms with van der Waals surface area (Å²) in [5.41, 5.74) is 6.83. The van der Waals surface area contributed by atoms with E-state index in [1.165, 1.54) is 18.4 Å². The van der Waals surface area contributed by atoms with Crippen LogP contribution in [-0.2, 0) is 6.54 Å². The summed E-state index contributed by atoms with van der Waals surface area (Å²) in [4.78, 5) is 8.08. The van der Waals surface area contributed by atoms with E-state index in [4.69, 9.17) is 15.7 Å². The molecule has 0 radical (unpaired) electrons. The molecule has 2 aromatic heterocycles. The van der Waals surface area contributed by atoms with E-state index in [0.717, 1.165) is 19.0 Å². The zero-order chi connectivity index (χ0) is 23.8. The van der Waals surface area contributed by atoms with E-state index in [1.54, 1.807) is 24.3 Å².